The first kappa shape index (κ1) is 24.2. The van der Waals surface area contributed by atoms with Gasteiger partial charge in [-0.05, 0) is 76.1 Å². The first-order valence-corrected chi connectivity index (χ1v) is 12.2. The number of nitrogens with zero attached hydrogens (tertiary/aromatic N) is 1. The van der Waals surface area contributed by atoms with E-state index in [1.165, 1.54) is 55.7 Å². The monoisotopic (exact) mass is 556 g/mol. The normalized spacial score (nSPS) is 15.2. The van der Waals surface area contributed by atoms with E-state index in [1.807, 2.05) is 0 Å². The van der Waals surface area contributed by atoms with Gasteiger partial charge in [0.15, 0.2) is 5.75 Å². The third kappa shape index (κ3) is 5.10. The van der Waals surface area contributed by atoms with Crippen LogP contribution in [0.4, 0.5) is 10.5 Å². The van der Waals surface area contributed by atoms with Crippen molar-refractivity contribution in [3.8, 4) is 11.5 Å². The van der Waals surface area contributed by atoms with Crippen molar-refractivity contribution in [2.75, 3.05) is 12.0 Å². The lowest BCUT2D eigenvalue weighted by Gasteiger charge is -2.26. The number of anilines is 1. The standard InChI is InChI=1S/C24H17BrN2O7S/c1-33-17-10-8-16(9-11-17)27-23(29)19(22(28)26-24(27)30)13-15-7-12-21(20(25)14-15)34-35(31,32)18-5-3-2-4-6-18/h2-14H,1H3,(H,26,28,30)/b19-13+. The van der Waals surface area contributed by atoms with Crippen molar-refractivity contribution < 1.29 is 31.7 Å². The third-order valence-electron chi connectivity index (χ3n) is 4.93. The highest BCUT2D eigenvalue weighted by molar-refractivity contribution is 9.10. The summed E-state index contributed by atoms with van der Waals surface area (Å²) in [6.45, 7) is 0. The van der Waals surface area contributed by atoms with Crippen molar-refractivity contribution >= 4 is 55.7 Å². The number of carbonyl (C=O) groups excluding carboxylic acids is 3. The van der Waals surface area contributed by atoms with Gasteiger partial charge in [0, 0.05) is 0 Å². The van der Waals surface area contributed by atoms with Crippen LogP contribution in [0.3, 0.4) is 0 Å². The Morgan fingerprint density at radius 3 is 2.26 bits per heavy atom. The molecule has 3 aromatic rings. The van der Waals surface area contributed by atoms with E-state index in [9.17, 15) is 22.8 Å². The number of methoxy groups -OCH3 is 1. The smallest absolute Gasteiger partial charge is 0.339 e. The summed E-state index contributed by atoms with van der Waals surface area (Å²) in [6.07, 6.45) is 1.29. The quantitative estimate of drug-likeness (QED) is 0.278. The Labute approximate surface area is 209 Å². The summed E-state index contributed by atoms with van der Waals surface area (Å²) < 4.78 is 35.5. The van der Waals surface area contributed by atoms with Crippen LogP contribution in [-0.4, -0.2) is 33.4 Å². The van der Waals surface area contributed by atoms with Crippen molar-refractivity contribution in [1.29, 1.82) is 0 Å². The summed E-state index contributed by atoms with van der Waals surface area (Å²) in [5.74, 6) is -1.11. The number of carbonyl (C=O) groups is 3. The molecule has 1 saturated heterocycles. The summed E-state index contributed by atoms with van der Waals surface area (Å²) in [6, 6.07) is 17.3. The number of ether oxygens (including phenoxy) is 1. The summed E-state index contributed by atoms with van der Waals surface area (Å²) in [5, 5.41) is 2.14. The van der Waals surface area contributed by atoms with Crippen LogP contribution in [0, 0.1) is 0 Å². The van der Waals surface area contributed by atoms with Crippen LogP contribution in [-0.2, 0) is 19.7 Å². The molecule has 4 rings (SSSR count). The number of halogens is 1. The number of barbiturate groups is 1. The molecule has 0 bridgehead atoms. The molecule has 0 radical (unpaired) electrons. The largest absolute Gasteiger partial charge is 0.497 e. The molecule has 11 heteroatoms. The molecule has 35 heavy (non-hydrogen) atoms. The van der Waals surface area contributed by atoms with Crippen LogP contribution in [0.2, 0.25) is 0 Å². The summed E-state index contributed by atoms with van der Waals surface area (Å²) >= 11 is 3.26. The number of hydrogen-bond donors (Lipinski definition) is 1. The number of hydrogen-bond acceptors (Lipinski definition) is 7. The van der Waals surface area contributed by atoms with E-state index in [4.69, 9.17) is 8.92 Å². The number of urea groups is 1. The molecule has 1 aliphatic rings. The van der Waals surface area contributed by atoms with Crippen molar-refractivity contribution in [3.05, 3.63) is 88.4 Å². The van der Waals surface area contributed by atoms with Gasteiger partial charge in [-0.25, -0.2) is 9.69 Å². The predicted molar refractivity (Wildman–Crippen MR) is 130 cm³/mol. The third-order valence-corrected chi connectivity index (χ3v) is 6.80. The number of nitrogens with one attached hydrogen (secondary N) is 1. The van der Waals surface area contributed by atoms with Gasteiger partial charge in [-0.15, -0.1) is 0 Å². The SMILES string of the molecule is COc1ccc(N2C(=O)NC(=O)/C(=C\c3ccc(OS(=O)(=O)c4ccccc4)c(Br)c3)C2=O)cc1. The molecule has 9 nitrogen and oxygen atoms in total. The van der Waals surface area contributed by atoms with E-state index in [0.29, 0.717) is 11.3 Å². The van der Waals surface area contributed by atoms with E-state index >= 15 is 0 Å². The second-order valence-corrected chi connectivity index (χ2v) is 9.60. The fraction of sp³-hybridized carbons (Fsp3) is 0.0417. The van der Waals surface area contributed by atoms with Gasteiger partial charge >= 0.3 is 16.1 Å². The lowest BCUT2D eigenvalue weighted by Crippen LogP contribution is -2.54. The summed E-state index contributed by atoms with van der Waals surface area (Å²) in [4.78, 5) is 38.6. The summed E-state index contributed by atoms with van der Waals surface area (Å²) in [7, 11) is -2.57. The zero-order valence-electron chi connectivity index (χ0n) is 18.1. The highest BCUT2D eigenvalue weighted by Gasteiger charge is 2.36. The van der Waals surface area contributed by atoms with Gasteiger partial charge in [0.1, 0.15) is 16.2 Å². The summed E-state index contributed by atoms with van der Waals surface area (Å²) in [5.41, 5.74) is 0.365. The first-order chi connectivity index (χ1) is 16.7. The molecule has 0 atom stereocenters. The zero-order chi connectivity index (χ0) is 25.2. The molecule has 1 heterocycles. The topological polar surface area (TPSA) is 119 Å². The highest BCUT2D eigenvalue weighted by Crippen LogP contribution is 2.30. The number of benzene rings is 3. The van der Waals surface area contributed by atoms with E-state index in [-0.39, 0.29) is 26.4 Å². The van der Waals surface area contributed by atoms with Crippen LogP contribution in [0.25, 0.3) is 6.08 Å². The van der Waals surface area contributed by atoms with Gasteiger partial charge in [0.05, 0.1) is 17.3 Å². The number of amides is 4. The van der Waals surface area contributed by atoms with Crippen molar-refractivity contribution in [2.24, 2.45) is 0 Å². The maximum absolute atomic E-state index is 13.0. The number of imide groups is 2. The Morgan fingerprint density at radius 2 is 1.63 bits per heavy atom. The fourth-order valence-corrected chi connectivity index (χ4v) is 4.77. The van der Waals surface area contributed by atoms with Gasteiger partial charge in [-0.1, -0.05) is 24.3 Å². The Morgan fingerprint density at radius 1 is 0.943 bits per heavy atom. The fourth-order valence-electron chi connectivity index (χ4n) is 3.22. The van der Waals surface area contributed by atoms with Crippen LogP contribution < -0.4 is 19.1 Å². The van der Waals surface area contributed by atoms with E-state index < -0.39 is 28.0 Å². The molecule has 0 spiro atoms. The molecule has 0 unspecified atom stereocenters. The molecular formula is C24H17BrN2O7S. The van der Waals surface area contributed by atoms with Crippen molar-refractivity contribution in [3.63, 3.8) is 0 Å². The Bertz CT molecular complexity index is 1450. The molecule has 4 amide bonds. The molecule has 0 aliphatic carbocycles. The molecule has 178 valence electrons. The minimum absolute atomic E-state index is 0.00846. The highest BCUT2D eigenvalue weighted by atomic mass is 79.9. The lowest BCUT2D eigenvalue weighted by atomic mass is 10.1. The molecule has 0 aromatic heterocycles. The molecule has 3 aromatic carbocycles. The van der Waals surface area contributed by atoms with Gasteiger partial charge in [0.2, 0.25) is 0 Å². The van der Waals surface area contributed by atoms with Gasteiger partial charge in [-0.3, -0.25) is 14.9 Å². The minimum Gasteiger partial charge on any atom is -0.497 e. The van der Waals surface area contributed by atoms with Crippen LogP contribution in [0.1, 0.15) is 5.56 Å². The Hall–Kier alpha value is -3.96. The first-order valence-electron chi connectivity index (χ1n) is 10.0. The van der Waals surface area contributed by atoms with Gasteiger partial charge in [-0.2, -0.15) is 8.42 Å². The van der Waals surface area contributed by atoms with Crippen LogP contribution in [0.5, 0.6) is 11.5 Å². The molecular weight excluding hydrogens is 540 g/mol. The predicted octanol–water partition coefficient (Wildman–Crippen LogP) is 3.89. The Kier molecular flexibility index (Phi) is 6.72. The van der Waals surface area contributed by atoms with Gasteiger partial charge < -0.3 is 8.92 Å². The van der Waals surface area contributed by atoms with Crippen LogP contribution >= 0.6 is 15.9 Å². The molecule has 1 fully saturated rings. The average Bonchev–Trinajstić information content (AvgIpc) is 2.84. The lowest BCUT2D eigenvalue weighted by molar-refractivity contribution is -0.122. The van der Waals surface area contributed by atoms with Crippen molar-refractivity contribution in [2.45, 2.75) is 4.90 Å². The van der Waals surface area contributed by atoms with E-state index in [0.717, 1.165) is 4.90 Å². The maximum Gasteiger partial charge on any atom is 0.339 e. The van der Waals surface area contributed by atoms with Crippen molar-refractivity contribution in [1.82, 2.24) is 5.32 Å². The molecule has 1 N–H and O–H groups in total. The minimum atomic E-state index is -4.06. The van der Waals surface area contributed by atoms with E-state index in [1.54, 1.807) is 30.3 Å². The average molecular weight is 557 g/mol. The molecule has 0 saturated carbocycles. The van der Waals surface area contributed by atoms with E-state index in [2.05, 4.69) is 21.2 Å². The number of rotatable bonds is 6. The van der Waals surface area contributed by atoms with Crippen LogP contribution in [0.15, 0.2) is 87.7 Å². The molecule has 1 aliphatic heterocycles. The zero-order valence-corrected chi connectivity index (χ0v) is 20.5. The van der Waals surface area contributed by atoms with Gasteiger partial charge in [0.25, 0.3) is 11.8 Å². The Balaban J connectivity index is 1.61. The maximum atomic E-state index is 13.0. The second-order valence-electron chi connectivity index (χ2n) is 7.20. The second kappa shape index (κ2) is 9.72.